The fourth-order valence-electron chi connectivity index (χ4n) is 2.17. The highest BCUT2D eigenvalue weighted by molar-refractivity contribution is 7.98. The van der Waals surface area contributed by atoms with Crippen LogP contribution in [-0.2, 0) is 0 Å². The third kappa shape index (κ3) is 4.67. The minimum absolute atomic E-state index is 0.560. The first-order valence-electron chi connectivity index (χ1n) is 5.82. The number of rotatable bonds is 7. The van der Waals surface area contributed by atoms with Gasteiger partial charge in [-0.3, -0.25) is 0 Å². The Morgan fingerprint density at radius 1 is 1.43 bits per heavy atom. The van der Waals surface area contributed by atoms with E-state index in [2.05, 4.69) is 11.6 Å². The van der Waals surface area contributed by atoms with E-state index in [0.717, 1.165) is 12.6 Å². The zero-order chi connectivity index (χ0) is 10.2. The van der Waals surface area contributed by atoms with E-state index in [9.17, 15) is 0 Å². The molecule has 0 heterocycles. The summed E-state index contributed by atoms with van der Waals surface area (Å²) in [6, 6.07) is 1.32. The molecule has 0 aromatic heterocycles. The van der Waals surface area contributed by atoms with E-state index >= 15 is 0 Å². The summed E-state index contributed by atoms with van der Waals surface area (Å²) in [7, 11) is 0. The van der Waals surface area contributed by atoms with Gasteiger partial charge in [0.25, 0.3) is 0 Å². The van der Waals surface area contributed by atoms with Gasteiger partial charge in [-0.05, 0) is 37.7 Å². The summed E-state index contributed by atoms with van der Waals surface area (Å²) in [6.07, 6.45) is 10.2. The first-order chi connectivity index (χ1) is 6.86. The number of nitrogens with two attached hydrogens (primary N) is 1. The van der Waals surface area contributed by atoms with E-state index in [1.807, 2.05) is 11.8 Å². The van der Waals surface area contributed by atoms with Crippen LogP contribution in [0.1, 0.15) is 38.5 Å². The van der Waals surface area contributed by atoms with Crippen molar-refractivity contribution in [2.45, 2.75) is 50.6 Å². The van der Waals surface area contributed by atoms with Crippen molar-refractivity contribution in [1.29, 1.82) is 0 Å². The van der Waals surface area contributed by atoms with Gasteiger partial charge in [0.2, 0.25) is 0 Å². The Morgan fingerprint density at radius 2 is 2.14 bits per heavy atom. The molecule has 0 aromatic rings. The maximum atomic E-state index is 5.76. The first kappa shape index (κ1) is 12.3. The van der Waals surface area contributed by atoms with Crippen LogP contribution in [0, 0.1) is 0 Å². The van der Waals surface area contributed by atoms with E-state index in [4.69, 9.17) is 5.73 Å². The van der Waals surface area contributed by atoms with Crippen LogP contribution in [0.2, 0.25) is 0 Å². The molecule has 0 aromatic carbocycles. The van der Waals surface area contributed by atoms with Gasteiger partial charge in [-0.2, -0.15) is 11.8 Å². The van der Waals surface area contributed by atoms with Crippen molar-refractivity contribution < 1.29 is 0 Å². The summed E-state index contributed by atoms with van der Waals surface area (Å²) in [5, 5.41) is 3.69. The molecular formula is C11H24N2S. The molecule has 3 heteroatoms. The minimum atomic E-state index is 0.560. The maximum Gasteiger partial charge on any atom is 0.0193 e. The fourth-order valence-corrected chi connectivity index (χ4v) is 2.62. The molecule has 2 nitrogen and oxygen atoms in total. The van der Waals surface area contributed by atoms with E-state index in [1.54, 1.807) is 0 Å². The van der Waals surface area contributed by atoms with Crippen LogP contribution in [0.15, 0.2) is 0 Å². The van der Waals surface area contributed by atoms with Gasteiger partial charge in [-0.25, -0.2) is 0 Å². The summed E-state index contributed by atoms with van der Waals surface area (Å²) in [4.78, 5) is 0. The lowest BCUT2D eigenvalue weighted by Gasteiger charge is -2.21. The predicted octanol–water partition coefficient (Wildman–Crippen LogP) is 1.99. The van der Waals surface area contributed by atoms with Crippen LogP contribution < -0.4 is 11.1 Å². The summed E-state index contributed by atoms with van der Waals surface area (Å²) >= 11 is 1.93. The number of hydrogen-bond acceptors (Lipinski definition) is 3. The van der Waals surface area contributed by atoms with Gasteiger partial charge in [-0.15, -0.1) is 0 Å². The molecule has 1 rings (SSSR count). The Morgan fingerprint density at radius 3 is 2.71 bits per heavy atom. The fraction of sp³-hybridized carbons (Fsp3) is 1.00. The lowest BCUT2D eigenvalue weighted by atomic mass is 10.1. The topological polar surface area (TPSA) is 38.0 Å². The second-order valence-corrected chi connectivity index (χ2v) is 5.20. The molecule has 1 aliphatic carbocycles. The van der Waals surface area contributed by atoms with Crippen molar-refractivity contribution in [1.82, 2.24) is 5.32 Å². The molecule has 0 saturated heterocycles. The number of thioether (sulfide) groups is 1. The highest BCUT2D eigenvalue weighted by Crippen LogP contribution is 2.18. The summed E-state index contributed by atoms with van der Waals surface area (Å²) in [5.74, 6) is 1.27. The Balaban J connectivity index is 2.10. The largest absolute Gasteiger partial charge is 0.329 e. The van der Waals surface area contributed by atoms with Crippen molar-refractivity contribution in [3.63, 3.8) is 0 Å². The normalized spacial score (nSPS) is 20.1. The van der Waals surface area contributed by atoms with E-state index < -0.39 is 0 Å². The van der Waals surface area contributed by atoms with Crippen molar-refractivity contribution >= 4 is 11.8 Å². The third-order valence-corrected chi connectivity index (χ3v) is 3.71. The van der Waals surface area contributed by atoms with Gasteiger partial charge in [0, 0.05) is 18.6 Å². The van der Waals surface area contributed by atoms with E-state index in [0.29, 0.717) is 6.04 Å². The van der Waals surface area contributed by atoms with Gasteiger partial charge in [0.05, 0.1) is 0 Å². The van der Waals surface area contributed by atoms with Crippen LogP contribution in [-0.4, -0.2) is 30.6 Å². The van der Waals surface area contributed by atoms with Crippen molar-refractivity contribution in [2.24, 2.45) is 5.73 Å². The molecule has 0 bridgehead atoms. The second-order valence-electron chi connectivity index (χ2n) is 4.22. The minimum Gasteiger partial charge on any atom is -0.329 e. The Labute approximate surface area is 92.4 Å². The zero-order valence-electron chi connectivity index (χ0n) is 9.30. The highest BCUT2D eigenvalue weighted by atomic mass is 32.2. The van der Waals surface area contributed by atoms with Gasteiger partial charge in [-0.1, -0.05) is 12.8 Å². The van der Waals surface area contributed by atoms with E-state index in [-0.39, 0.29) is 0 Å². The van der Waals surface area contributed by atoms with E-state index in [1.165, 1.54) is 44.3 Å². The number of nitrogens with one attached hydrogen (secondary N) is 1. The smallest absolute Gasteiger partial charge is 0.0193 e. The van der Waals surface area contributed by atoms with Gasteiger partial charge in [0.15, 0.2) is 0 Å². The first-order valence-corrected chi connectivity index (χ1v) is 7.21. The standard InChI is InChI=1S/C11H24N2S/c1-14-8-4-7-11(9-12)13-10-5-2-3-6-10/h10-11,13H,2-9,12H2,1H3. The quantitative estimate of drug-likeness (QED) is 0.639. The van der Waals surface area contributed by atoms with Crippen molar-refractivity contribution in [3.8, 4) is 0 Å². The number of hydrogen-bond donors (Lipinski definition) is 2. The average molecular weight is 216 g/mol. The molecule has 3 N–H and O–H groups in total. The SMILES string of the molecule is CSCCCC(CN)NC1CCCC1. The van der Waals surface area contributed by atoms with Crippen LogP contribution >= 0.6 is 11.8 Å². The molecule has 1 atom stereocenters. The van der Waals surface area contributed by atoms with Gasteiger partial charge < -0.3 is 11.1 Å². The lowest BCUT2D eigenvalue weighted by molar-refractivity contribution is 0.413. The Hall–Kier alpha value is 0.270. The zero-order valence-corrected chi connectivity index (χ0v) is 10.1. The van der Waals surface area contributed by atoms with Crippen LogP contribution in [0.3, 0.4) is 0 Å². The summed E-state index contributed by atoms with van der Waals surface area (Å²) < 4.78 is 0. The van der Waals surface area contributed by atoms with Crippen LogP contribution in [0.25, 0.3) is 0 Å². The Kier molecular flexibility index (Phi) is 6.65. The van der Waals surface area contributed by atoms with Crippen LogP contribution in [0.5, 0.6) is 0 Å². The molecule has 1 saturated carbocycles. The lowest BCUT2D eigenvalue weighted by Crippen LogP contribution is -2.41. The monoisotopic (exact) mass is 216 g/mol. The Bertz CT molecular complexity index is 135. The molecule has 0 aliphatic heterocycles. The maximum absolute atomic E-state index is 5.76. The molecule has 0 amide bonds. The third-order valence-electron chi connectivity index (χ3n) is 3.01. The predicted molar refractivity (Wildman–Crippen MR) is 65.9 cm³/mol. The second kappa shape index (κ2) is 7.55. The van der Waals surface area contributed by atoms with Gasteiger partial charge in [0.1, 0.15) is 0 Å². The molecule has 1 fully saturated rings. The van der Waals surface area contributed by atoms with Crippen molar-refractivity contribution in [3.05, 3.63) is 0 Å². The molecular weight excluding hydrogens is 192 g/mol. The summed E-state index contributed by atoms with van der Waals surface area (Å²) in [5.41, 5.74) is 5.76. The molecule has 84 valence electrons. The average Bonchev–Trinajstić information content (AvgIpc) is 2.69. The van der Waals surface area contributed by atoms with Crippen molar-refractivity contribution in [2.75, 3.05) is 18.6 Å². The molecule has 1 unspecified atom stereocenters. The molecule has 0 radical (unpaired) electrons. The van der Waals surface area contributed by atoms with Gasteiger partial charge >= 0.3 is 0 Å². The molecule has 0 spiro atoms. The van der Waals surface area contributed by atoms with Crippen LogP contribution in [0.4, 0.5) is 0 Å². The molecule has 1 aliphatic rings. The highest BCUT2D eigenvalue weighted by Gasteiger charge is 2.17. The molecule has 14 heavy (non-hydrogen) atoms. The summed E-state index contributed by atoms with van der Waals surface area (Å²) in [6.45, 7) is 0.797.